The van der Waals surface area contributed by atoms with Crippen LogP contribution in [0.15, 0.2) is 22.1 Å². The summed E-state index contributed by atoms with van der Waals surface area (Å²) in [4.78, 5) is 31.0. The lowest BCUT2D eigenvalue weighted by molar-refractivity contribution is -0.132. The molecule has 8 nitrogen and oxygen atoms in total. The molecule has 1 fully saturated rings. The second-order valence-corrected chi connectivity index (χ2v) is 9.90. The lowest BCUT2D eigenvalue weighted by Gasteiger charge is -2.27. The topological polar surface area (TPSA) is 110 Å². The molecule has 2 aromatic rings. The fraction of sp³-hybridized carbons (Fsp3) is 0.500. The summed E-state index contributed by atoms with van der Waals surface area (Å²) in [5, 5.41) is 4.83. The number of nitrogens with zero attached hydrogens (tertiary/aromatic N) is 2. The molecule has 2 aromatic heterocycles. The van der Waals surface area contributed by atoms with Gasteiger partial charge in [0.2, 0.25) is 5.91 Å². The molecule has 0 aromatic carbocycles. The van der Waals surface area contributed by atoms with Gasteiger partial charge in [0, 0.05) is 18.0 Å². The first kappa shape index (κ1) is 20.5. The standard InChI is InChI=1S/C18H23N3O5S2/c1-3-6-21(14-5-8-28(24,25)11-14)16(22)9-13-10-27-18(19-13)20-17(23)15-4-7-26-12(15)2/h4,7,10,14H,3,5-6,8-9,11H2,1-2H3,(H,19,20,23). The van der Waals surface area contributed by atoms with Gasteiger partial charge in [0.1, 0.15) is 5.76 Å². The summed E-state index contributed by atoms with van der Waals surface area (Å²) < 4.78 is 28.6. The minimum absolute atomic E-state index is 0.0289. The number of carbonyl (C=O) groups is 2. The Hall–Kier alpha value is -2.20. The maximum atomic E-state index is 12.8. The number of hydrogen-bond donors (Lipinski definition) is 1. The molecule has 0 radical (unpaired) electrons. The Labute approximate surface area is 167 Å². The van der Waals surface area contributed by atoms with Crippen molar-refractivity contribution in [1.29, 1.82) is 0 Å². The summed E-state index contributed by atoms with van der Waals surface area (Å²) in [5.74, 6) is 0.221. The number of furan rings is 1. The normalized spacial score (nSPS) is 18.1. The van der Waals surface area contributed by atoms with Gasteiger partial charge in [-0.25, -0.2) is 13.4 Å². The highest BCUT2D eigenvalue weighted by Crippen LogP contribution is 2.22. The van der Waals surface area contributed by atoms with Gasteiger partial charge in [-0.15, -0.1) is 11.3 Å². The van der Waals surface area contributed by atoms with Crippen LogP contribution < -0.4 is 5.32 Å². The summed E-state index contributed by atoms with van der Waals surface area (Å²) in [6.45, 7) is 4.18. The first-order chi connectivity index (χ1) is 13.3. The van der Waals surface area contributed by atoms with Crippen LogP contribution in [0.4, 0.5) is 5.13 Å². The van der Waals surface area contributed by atoms with Gasteiger partial charge >= 0.3 is 0 Å². The maximum absolute atomic E-state index is 12.8. The molecule has 152 valence electrons. The fourth-order valence-electron chi connectivity index (χ4n) is 3.26. The van der Waals surface area contributed by atoms with Crippen LogP contribution in [0.1, 0.15) is 41.6 Å². The van der Waals surface area contributed by atoms with E-state index in [2.05, 4.69) is 10.3 Å². The molecule has 0 aliphatic carbocycles. The van der Waals surface area contributed by atoms with E-state index in [0.717, 1.165) is 6.42 Å². The lowest BCUT2D eigenvalue weighted by Crippen LogP contribution is -2.42. The Morgan fingerprint density at radius 2 is 2.21 bits per heavy atom. The average Bonchev–Trinajstić information content (AvgIpc) is 3.33. The van der Waals surface area contributed by atoms with Gasteiger partial charge in [-0.1, -0.05) is 6.92 Å². The zero-order chi connectivity index (χ0) is 20.3. The zero-order valence-electron chi connectivity index (χ0n) is 15.8. The predicted molar refractivity (Wildman–Crippen MR) is 106 cm³/mol. The summed E-state index contributed by atoms with van der Waals surface area (Å²) in [5.41, 5.74) is 0.987. The van der Waals surface area contributed by atoms with Crippen molar-refractivity contribution in [3.63, 3.8) is 0 Å². The summed E-state index contributed by atoms with van der Waals surface area (Å²) in [7, 11) is -3.06. The second kappa shape index (κ2) is 8.44. The largest absolute Gasteiger partial charge is 0.469 e. The number of amides is 2. The number of rotatable bonds is 7. The van der Waals surface area contributed by atoms with E-state index in [9.17, 15) is 18.0 Å². The molecule has 10 heteroatoms. The molecule has 1 atom stereocenters. The molecule has 3 heterocycles. The quantitative estimate of drug-likeness (QED) is 0.729. The molecule has 1 aliphatic rings. The zero-order valence-corrected chi connectivity index (χ0v) is 17.4. The number of aromatic nitrogens is 1. The van der Waals surface area contributed by atoms with E-state index < -0.39 is 9.84 Å². The molecule has 28 heavy (non-hydrogen) atoms. The van der Waals surface area contributed by atoms with Crippen molar-refractivity contribution < 1.29 is 22.4 Å². The van der Waals surface area contributed by atoms with Gasteiger partial charge in [0.15, 0.2) is 15.0 Å². The third-order valence-electron chi connectivity index (χ3n) is 4.64. The van der Waals surface area contributed by atoms with Crippen LogP contribution in [0.5, 0.6) is 0 Å². The minimum atomic E-state index is -3.06. The van der Waals surface area contributed by atoms with Crippen molar-refractivity contribution in [2.45, 2.75) is 39.2 Å². The molecular weight excluding hydrogens is 402 g/mol. The van der Waals surface area contributed by atoms with Crippen molar-refractivity contribution in [1.82, 2.24) is 9.88 Å². The highest BCUT2D eigenvalue weighted by molar-refractivity contribution is 7.91. The first-order valence-corrected chi connectivity index (χ1v) is 11.8. The average molecular weight is 426 g/mol. The van der Waals surface area contributed by atoms with Crippen molar-refractivity contribution in [3.8, 4) is 0 Å². The van der Waals surface area contributed by atoms with Crippen LogP contribution >= 0.6 is 11.3 Å². The van der Waals surface area contributed by atoms with Crippen LogP contribution in [-0.2, 0) is 21.1 Å². The van der Waals surface area contributed by atoms with Gasteiger partial charge in [-0.05, 0) is 25.8 Å². The first-order valence-electron chi connectivity index (χ1n) is 9.09. The van der Waals surface area contributed by atoms with E-state index in [1.807, 2.05) is 6.92 Å². The Morgan fingerprint density at radius 1 is 1.43 bits per heavy atom. The van der Waals surface area contributed by atoms with E-state index in [0.29, 0.717) is 35.1 Å². The number of hydrogen-bond acceptors (Lipinski definition) is 7. The molecule has 2 amide bonds. The van der Waals surface area contributed by atoms with Gasteiger partial charge in [-0.2, -0.15) is 0 Å². The third kappa shape index (κ3) is 4.79. The fourth-order valence-corrected chi connectivity index (χ4v) is 5.70. The highest BCUT2D eigenvalue weighted by Gasteiger charge is 2.34. The molecule has 0 spiro atoms. The van der Waals surface area contributed by atoms with E-state index in [1.165, 1.54) is 17.6 Å². The predicted octanol–water partition coefficient (Wildman–Crippen LogP) is 2.27. The molecule has 1 aliphatic heterocycles. The van der Waals surface area contributed by atoms with Crippen molar-refractivity contribution in [2.24, 2.45) is 0 Å². The minimum Gasteiger partial charge on any atom is -0.469 e. The number of thiazole rings is 1. The van der Waals surface area contributed by atoms with Crippen LogP contribution in [0.3, 0.4) is 0 Å². The number of nitrogens with one attached hydrogen (secondary N) is 1. The molecule has 1 saturated heterocycles. The van der Waals surface area contributed by atoms with Crippen LogP contribution in [0.25, 0.3) is 0 Å². The second-order valence-electron chi connectivity index (χ2n) is 6.81. The Morgan fingerprint density at radius 3 is 2.82 bits per heavy atom. The van der Waals surface area contributed by atoms with Gasteiger partial charge < -0.3 is 9.32 Å². The third-order valence-corrected chi connectivity index (χ3v) is 7.20. The van der Waals surface area contributed by atoms with Crippen LogP contribution in [0.2, 0.25) is 0 Å². The van der Waals surface area contributed by atoms with Crippen molar-refractivity contribution in [3.05, 3.63) is 34.7 Å². The van der Waals surface area contributed by atoms with Crippen LogP contribution in [0, 0.1) is 6.92 Å². The van der Waals surface area contributed by atoms with E-state index in [1.54, 1.807) is 23.3 Å². The van der Waals surface area contributed by atoms with Crippen LogP contribution in [-0.4, -0.2) is 54.2 Å². The molecule has 0 bridgehead atoms. The van der Waals surface area contributed by atoms with E-state index in [-0.39, 0.29) is 35.8 Å². The Balaban J connectivity index is 1.63. The lowest BCUT2D eigenvalue weighted by atomic mass is 10.2. The van der Waals surface area contributed by atoms with E-state index in [4.69, 9.17) is 4.42 Å². The number of carbonyl (C=O) groups excluding carboxylic acids is 2. The maximum Gasteiger partial charge on any atom is 0.260 e. The summed E-state index contributed by atoms with van der Waals surface area (Å²) in [6.07, 6.45) is 2.76. The van der Waals surface area contributed by atoms with Gasteiger partial charge in [0.05, 0.1) is 35.4 Å². The Bertz CT molecular complexity index is 964. The molecule has 1 unspecified atom stereocenters. The molecule has 3 rings (SSSR count). The van der Waals surface area contributed by atoms with Gasteiger partial charge in [0.25, 0.3) is 5.91 Å². The van der Waals surface area contributed by atoms with E-state index >= 15 is 0 Å². The number of aryl methyl sites for hydroxylation is 1. The molecule has 0 saturated carbocycles. The smallest absolute Gasteiger partial charge is 0.260 e. The number of sulfone groups is 1. The Kier molecular flexibility index (Phi) is 6.19. The van der Waals surface area contributed by atoms with Crippen molar-refractivity contribution in [2.75, 3.05) is 23.4 Å². The summed E-state index contributed by atoms with van der Waals surface area (Å²) in [6, 6.07) is 1.32. The van der Waals surface area contributed by atoms with Crippen molar-refractivity contribution >= 4 is 38.1 Å². The van der Waals surface area contributed by atoms with Gasteiger partial charge in [-0.3, -0.25) is 14.9 Å². The molecular formula is C18H23N3O5S2. The number of anilines is 1. The summed E-state index contributed by atoms with van der Waals surface area (Å²) >= 11 is 1.24. The highest BCUT2D eigenvalue weighted by atomic mass is 32.2. The molecule has 1 N–H and O–H groups in total. The monoisotopic (exact) mass is 425 g/mol. The SMILES string of the molecule is CCCN(C(=O)Cc1csc(NC(=O)c2ccoc2C)n1)C1CCS(=O)(=O)C1.